The molecule has 0 aromatic rings. The summed E-state index contributed by atoms with van der Waals surface area (Å²) in [6.45, 7) is 5.13. The number of likely N-dealkylation sites (N-methyl/N-ethyl adjacent to an activating group) is 1. The third kappa shape index (κ3) is 1.88. The van der Waals surface area contributed by atoms with Crippen LogP contribution < -0.4 is 0 Å². The Hall–Kier alpha value is -0.900. The maximum atomic E-state index is 12.6. The van der Waals surface area contributed by atoms with Crippen molar-refractivity contribution in [1.29, 1.82) is 0 Å². The molecule has 2 aliphatic heterocycles. The first-order valence-electron chi connectivity index (χ1n) is 6.52. The van der Waals surface area contributed by atoms with E-state index in [9.17, 15) is 9.59 Å². The van der Waals surface area contributed by atoms with E-state index in [0.29, 0.717) is 0 Å². The summed E-state index contributed by atoms with van der Waals surface area (Å²) in [5, 5.41) is 0. The number of Topliss-reactive ketones (excluding diaryl/α,β-unsaturated/α-hetero) is 1. The molecule has 0 aromatic heterocycles. The molecule has 2 rings (SSSR count). The van der Waals surface area contributed by atoms with Crippen LogP contribution in [0.25, 0.3) is 0 Å². The number of hydrogen-bond acceptors (Lipinski definition) is 3. The van der Waals surface area contributed by atoms with Crippen molar-refractivity contribution < 1.29 is 9.59 Å². The van der Waals surface area contributed by atoms with E-state index >= 15 is 0 Å². The Morgan fingerprint density at radius 1 is 1.29 bits per heavy atom. The summed E-state index contributed by atoms with van der Waals surface area (Å²) < 4.78 is 0. The molecule has 2 saturated heterocycles. The second kappa shape index (κ2) is 4.41. The zero-order valence-electron chi connectivity index (χ0n) is 11.0. The number of ketones is 1. The fourth-order valence-electron chi connectivity index (χ4n) is 3.21. The number of amides is 1. The molecular formula is C13H22N2O2. The Bertz CT molecular complexity index is 342. The zero-order chi connectivity index (χ0) is 12.6. The third-order valence-corrected chi connectivity index (χ3v) is 4.52. The van der Waals surface area contributed by atoms with E-state index in [4.69, 9.17) is 0 Å². The molecule has 2 aliphatic rings. The van der Waals surface area contributed by atoms with Crippen LogP contribution >= 0.6 is 0 Å². The van der Waals surface area contributed by atoms with Crippen molar-refractivity contribution in [1.82, 2.24) is 9.80 Å². The van der Waals surface area contributed by atoms with Gasteiger partial charge in [-0.25, -0.2) is 0 Å². The first-order chi connectivity index (χ1) is 7.99. The number of carbonyl (C=O) groups is 2. The number of rotatable bonds is 2. The van der Waals surface area contributed by atoms with E-state index < -0.39 is 0 Å². The van der Waals surface area contributed by atoms with Crippen LogP contribution in [0, 0.1) is 0 Å². The van der Waals surface area contributed by atoms with Crippen LogP contribution in [0.5, 0.6) is 0 Å². The van der Waals surface area contributed by atoms with Gasteiger partial charge in [-0.05, 0) is 53.1 Å². The lowest BCUT2D eigenvalue weighted by Crippen LogP contribution is -2.61. The highest BCUT2D eigenvalue weighted by atomic mass is 16.2. The molecule has 1 spiro atoms. The van der Waals surface area contributed by atoms with E-state index in [2.05, 4.69) is 4.90 Å². The molecule has 2 unspecified atom stereocenters. The minimum absolute atomic E-state index is 0.0797. The van der Waals surface area contributed by atoms with Crippen molar-refractivity contribution in [2.75, 3.05) is 20.1 Å². The molecule has 1 amide bonds. The van der Waals surface area contributed by atoms with Crippen LogP contribution in [0.2, 0.25) is 0 Å². The van der Waals surface area contributed by atoms with Gasteiger partial charge in [0.2, 0.25) is 5.91 Å². The molecule has 17 heavy (non-hydrogen) atoms. The van der Waals surface area contributed by atoms with Gasteiger partial charge in [-0.2, -0.15) is 0 Å². The van der Waals surface area contributed by atoms with Crippen molar-refractivity contribution in [2.45, 2.75) is 51.1 Å². The highest BCUT2D eigenvalue weighted by molar-refractivity contribution is 5.92. The van der Waals surface area contributed by atoms with E-state index in [-0.39, 0.29) is 23.3 Å². The van der Waals surface area contributed by atoms with Crippen molar-refractivity contribution in [3.05, 3.63) is 0 Å². The number of likely N-dealkylation sites (tertiary alicyclic amines) is 2. The van der Waals surface area contributed by atoms with Crippen LogP contribution in [0.15, 0.2) is 0 Å². The topological polar surface area (TPSA) is 40.6 Å². The van der Waals surface area contributed by atoms with Gasteiger partial charge in [0, 0.05) is 6.54 Å². The molecular weight excluding hydrogens is 216 g/mol. The molecule has 0 aliphatic carbocycles. The minimum Gasteiger partial charge on any atom is -0.331 e. The van der Waals surface area contributed by atoms with Crippen molar-refractivity contribution in [3.8, 4) is 0 Å². The Morgan fingerprint density at radius 2 is 1.88 bits per heavy atom. The molecule has 4 heteroatoms. The van der Waals surface area contributed by atoms with E-state index in [1.165, 1.54) is 0 Å². The van der Waals surface area contributed by atoms with Gasteiger partial charge in [0.1, 0.15) is 5.54 Å². The predicted octanol–water partition coefficient (Wildman–Crippen LogP) is 1.05. The SMILES string of the molecule is CC(=O)C(C)N1CCCC2(CCCN2C)C1=O. The number of carbonyl (C=O) groups excluding carboxylic acids is 2. The van der Waals surface area contributed by atoms with Gasteiger partial charge in [0.25, 0.3) is 0 Å². The molecule has 0 bridgehead atoms. The summed E-state index contributed by atoms with van der Waals surface area (Å²) in [6, 6.07) is -0.270. The van der Waals surface area contributed by atoms with E-state index in [1.807, 2.05) is 14.0 Å². The number of piperidine rings is 1. The van der Waals surface area contributed by atoms with Crippen LogP contribution in [0.3, 0.4) is 0 Å². The fourth-order valence-corrected chi connectivity index (χ4v) is 3.21. The Morgan fingerprint density at radius 3 is 2.41 bits per heavy atom. The first-order valence-corrected chi connectivity index (χ1v) is 6.52. The van der Waals surface area contributed by atoms with Crippen molar-refractivity contribution in [2.24, 2.45) is 0 Å². The minimum atomic E-state index is -0.304. The van der Waals surface area contributed by atoms with E-state index in [1.54, 1.807) is 11.8 Å². The molecule has 2 fully saturated rings. The van der Waals surface area contributed by atoms with Gasteiger partial charge in [0.15, 0.2) is 5.78 Å². The van der Waals surface area contributed by atoms with Gasteiger partial charge < -0.3 is 4.90 Å². The second-order valence-electron chi connectivity index (χ2n) is 5.45. The highest BCUT2D eigenvalue weighted by Crippen LogP contribution is 2.37. The summed E-state index contributed by atoms with van der Waals surface area (Å²) in [4.78, 5) is 28.1. The van der Waals surface area contributed by atoms with E-state index in [0.717, 1.165) is 38.8 Å². The largest absolute Gasteiger partial charge is 0.331 e. The molecule has 2 heterocycles. The smallest absolute Gasteiger partial charge is 0.243 e. The summed E-state index contributed by atoms with van der Waals surface area (Å²) >= 11 is 0. The molecule has 2 atom stereocenters. The number of nitrogens with zero attached hydrogens (tertiary/aromatic N) is 2. The van der Waals surface area contributed by atoms with Crippen LogP contribution in [-0.4, -0.2) is 53.2 Å². The van der Waals surface area contributed by atoms with Gasteiger partial charge in [-0.3, -0.25) is 14.5 Å². The molecule has 4 nitrogen and oxygen atoms in total. The van der Waals surface area contributed by atoms with Crippen LogP contribution in [0.4, 0.5) is 0 Å². The molecule has 0 radical (unpaired) electrons. The maximum Gasteiger partial charge on any atom is 0.243 e. The summed E-state index contributed by atoms with van der Waals surface area (Å²) in [5.41, 5.74) is -0.304. The lowest BCUT2D eigenvalue weighted by Gasteiger charge is -2.45. The molecule has 0 saturated carbocycles. The summed E-state index contributed by atoms with van der Waals surface area (Å²) in [7, 11) is 2.03. The third-order valence-electron chi connectivity index (χ3n) is 4.52. The molecule has 96 valence electrons. The van der Waals surface area contributed by atoms with Gasteiger partial charge in [-0.15, -0.1) is 0 Å². The Labute approximate surface area is 103 Å². The van der Waals surface area contributed by atoms with Gasteiger partial charge in [-0.1, -0.05) is 0 Å². The lowest BCUT2D eigenvalue weighted by molar-refractivity contribution is -0.151. The van der Waals surface area contributed by atoms with Crippen LogP contribution in [-0.2, 0) is 9.59 Å². The second-order valence-corrected chi connectivity index (χ2v) is 5.45. The zero-order valence-corrected chi connectivity index (χ0v) is 11.0. The Kier molecular flexibility index (Phi) is 3.25. The average Bonchev–Trinajstić information content (AvgIpc) is 2.64. The highest BCUT2D eigenvalue weighted by Gasteiger charge is 2.50. The van der Waals surface area contributed by atoms with Gasteiger partial charge >= 0.3 is 0 Å². The average molecular weight is 238 g/mol. The normalized spacial score (nSPS) is 32.2. The van der Waals surface area contributed by atoms with Crippen molar-refractivity contribution >= 4 is 11.7 Å². The Balaban J connectivity index is 2.22. The molecule has 0 aromatic carbocycles. The summed E-state index contributed by atoms with van der Waals surface area (Å²) in [6.07, 6.45) is 3.99. The van der Waals surface area contributed by atoms with Crippen LogP contribution in [0.1, 0.15) is 39.5 Å². The quantitative estimate of drug-likeness (QED) is 0.722. The summed E-state index contributed by atoms with van der Waals surface area (Å²) in [5.74, 6) is 0.252. The number of hydrogen-bond donors (Lipinski definition) is 0. The standard InChI is InChI=1S/C13H22N2O2/c1-10(11(2)16)15-9-5-7-13(12(15)17)6-4-8-14(13)3/h10H,4-9H2,1-3H3. The fraction of sp³-hybridized carbons (Fsp3) is 0.846. The maximum absolute atomic E-state index is 12.6. The predicted molar refractivity (Wildman–Crippen MR) is 65.7 cm³/mol. The first kappa shape index (κ1) is 12.6. The lowest BCUT2D eigenvalue weighted by atomic mass is 9.85. The molecule has 0 N–H and O–H groups in total. The van der Waals surface area contributed by atoms with Gasteiger partial charge in [0.05, 0.1) is 6.04 Å². The monoisotopic (exact) mass is 238 g/mol. The van der Waals surface area contributed by atoms with Crippen molar-refractivity contribution in [3.63, 3.8) is 0 Å².